The van der Waals surface area contributed by atoms with Gasteiger partial charge in [0.1, 0.15) is 0 Å². The van der Waals surface area contributed by atoms with E-state index in [1.54, 1.807) is 6.20 Å². The third-order valence-corrected chi connectivity index (χ3v) is 10.1. The average molecular weight is 789 g/mol. The van der Waals surface area contributed by atoms with E-state index in [0.717, 1.165) is 22.5 Å². The monoisotopic (exact) mass is 789 g/mol. The van der Waals surface area contributed by atoms with Crippen molar-refractivity contribution in [2.45, 2.75) is 0 Å². The molecule has 2 nitrogen and oxygen atoms in total. The minimum atomic E-state index is 0. The first kappa shape index (κ1) is 29.2. The molecule has 0 aliphatic carbocycles. The van der Waals surface area contributed by atoms with Gasteiger partial charge in [-0.1, -0.05) is 54.6 Å². The number of aromatic nitrogens is 2. The van der Waals surface area contributed by atoms with Crippen LogP contribution in [-0.4, -0.2) is 9.97 Å². The summed E-state index contributed by atoms with van der Waals surface area (Å²) in [7, 11) is 0. The molecule has 0 aliphatic heterocycles. The second-order valence-corrected chi connectivity index (χ2v) is 12.5. The van der Waals surface area contributed by atoms with Crippen molar-refractivity contribution in [2.24, 2.45) is 0 Å². The molecule has 0 fully saturated rings. The van der Waals surface area contributed by atoms with Gasteiger partial charge in [0.15, 0.2) is 0 Å². The number of rotatable bonds is 3. The molecule has 0 spiro atoms. The fourth-order valence-electron chi connectivity index (χ4n) is 5.65. The van der Waals surface area contributed by atoms with Crippen LogP contribution in [0.5, 0.6) is 0 Å². The first-order chi connectivity index (χ1) is 21.8. The molecular weight excluding hydrogens is 765 g/mol. The van der Waals surface area contributed by atoms with Gasteiger partial charge in [0.25, 0.3) is 0 Å². The van der Waals surface area contributed by atoms with Gasteiger partial charge in [0.05, 0.1) is 0 Å². The van der Waals surface area contributed by atoms with Crippen molar-refractivity contribution in [3.63, 3.8) is 0 Å². The second-order valence-electron chi connectivity index (χ2n) is 10.4. The Morgan fingerprint density at radius 2 is 1.11 bits per heavy atom. The molecule has 0 bridgehead atoms. The normalized spacial score (nSPS) is 10.9. The first-order valence-corrected chi connectivity index (χ1v) is 16.0. The third kappa shape index (κ3) is 5.61. The average Bonchev–Trinajstić information content (AvgIpc) is 3.68. The van der Waals surface area contributed by atoms with E-state index < -0.39 is 0 Å². The Morgan fingerprint density at radius 3 is 1.82 bits per heavy atom. The largest absolute Gasteiger partial charge is 0.305 e. The molecular formula is C40H24IrN2S2-2. The van der Waals surface area contributed by atoms with E-state index >= 15 is 0 Å². The molecule has 45 heavy (non-hydrogen) atoms. The van der Waals surface area contributed by atoms with Crippen LogP contribution < -0.4 is 0 Å². The Balaban J connectivity index is 0.000000211. The molecule has 4 heterocycles. The minimum Gasteiger partial charge on any atom is -0.305 e. The maximum atomic E-state index is 4.63. The third-order valence-electron chi connectivity index (χ3n) is 7.70. The summed E-state index contributed by atoms with van der Waals surface area (Å²) in [5.41, 5.74) is 6.45. The molecule has 9 aromatic rings. The zero-order valence-corrected chi connectivity index (χ0v) is 27.9. The second kappa shape index (κ2) is 12.8. The van der Waals surface area contributed by atoms with Gasteiger partial charge in [-0.3, -0.25) is 0 Å². The fourth-order valence-corrected chi connectivity index (χ4v) is 8.21. The Morgan fingerprint density at radius 1 is 0.489 bits per heavy atom. The van der Waals surface area contributed by atoms with Gasteiger partial charge < -0.3 is 9.97 Å². The SMILES string of the molecule is [Ir].[c-]1ccccc1-c1cc(-c2cc3c4ccccc4sc3c3c2sc2ccccc23)ccn1.[c-]1ccccc1-c1ccccn1. The quantitative estimate of drug-likeness (QED) is 0.167. The van der Waals surface area contributed by atoms with Crippen molar-refractivity contribution < 1.29 is 20.1 Å². The van der Waals surface area contributed by atoms with E-state index in [4.69, 9.17) is 0 Å². The molecule has 0 unspecified atom stereocenters. The van der Waals surface area contributed by atoms with Crippen molar-refractivity contribution in [1.82, 2.24) is 9.97 Å². The van der Waals surface area contributed by atoms with Crippen LogP contribution in [0.3, 0.4) is 0 Å². The maximum Gasteiger partial charge on any atom is 0.0449 e. The summed E-state index contributed by atoms with van der Waals surface area (Å²) in [5, 5.41) is 5.39. The first-order valence-electron chi connectivity index (χ1n) is 14.4. The Kier molecular flexibility index (Phi) is 8.34. The van der Waals surface area contributed by atoms with Crippen LogP contribution in [0, 0.1) is 12.1 Å². The molecule has 0 N–H and O–H groups in total. The standard InChI is InChI=1S/C29H16NS2.C11H8N.Ir/c1-2-8-18(9-3-1)24-16-19(14-15-30-24)22-17-23-20-10-4-6-12-25(20)31-29(23)27-21-11-5-7-13-26(21)32-28(22)27;1-2-6-10(7-3-1)11-8-4-5-9-12-11;/h1-8,10-17H;1-6,8-9H;/q2*-1;. The molecule has 217 valence electrons. The van der Waals surface area contributed by atoms with E-state index in [1.807, 2.05) is 89.5 Å². The number of pyridine rings is 2. The molecule has 9 rings (SSSR count). The van der Waals surface area contributed by atoms with E-state index in [-0.39, 0.29) is 20.1 Å². The molecule has 0 saturated carbocycles. The van der Waals surface area contributed by atoms with Gasteiger partial charge in [-0.05, 0) is 52.8 Å². The molecule has 0 saturated heterocycles. The number of hydrogen-bond acceptors (Lipinski definition) is 4. The summed E-state index contributed by atoms with van der Waals surface area (Å²) in [6, 6.07) is 52.4. The van der Waals surface area contributed by atoms with E-state index in [0.29, 0.717) is 0 Å². The van der Waals surface area contributed by atoms with Crippen molar-refractivity contribution in [2.75, 3.05) is 0 Å². The van der Waals surface area contributed by atoms with Crippen molar-refractivity contribution >= 4 is 63.0 Å². The number of nitrogens with zero attached hydrogens (tertiary/aromatic N) is 2. The molecule has 1 radical (unpaired) electrons. The van der Waals surface area contributed by atoms with Crippen LogP contribution in [-0.2, 0) is 20.1 Å². The Bertz CT molecular complexity index is 2340. The molecule has 0 atom stereocenters. The van der Waals surface area contributed by atoms with Gasteiger partial charge in [0, 0.05) is 72.8 Å². The van der Waals surface area contributed by atoms with E-state index in [1.165, 1.54) is 51.5 Å². The number of thiophene rings is 2. The van der Waals surface area contributed by atoms with Gasteiger partial charge in [0.2, 0.25) is 0 Å². The van der Waals surface area contributed by atoms with Crippen LogP contribution in [0.1, 0.15) is 0 Å². The van der Waals surface area contributed by atoms with Crippen molar-refractivity contribution in [3.8, 4) is 33.6 Å². The van der Waals surface area contributed by atoms with Crippen LogP contribution in [0.2, 0.25) is 0 Å². The molecule has 0 amide bonds. The van der Waals surface area contributed by atoms with Crippen LogP contribution in [0.25, 0.3) is 74.0 Å². The zero-order valence-electron chi connectivity index (χ0n) is 23.9. The topological polar surface area (TPSA) is 25.8 Å². The Hall–Kier alpha value is -4.51. The van der Waals surface area contributed by atoms with Crippen LogP contribution in [0.4, 0.5) is 0 Å². The van der Waals surface area contributed by atoms with E-state index in [9.17, 15) is 0 Å². The van der Waals surface area contributed by atoms with Crippen molar-refractivity contribution in [1.29, 1.82) is 0 Å². The summed E-state index contributed by atoms with van der Waals surface area (Å²) in [5.74, 6) is 0. The summed E-state index contributed by atoms with van der Waals surface area (Å²) < 4.78 is 5.40. The fraction of sp³-hybridized carbons (Fsp3) is 0. The maximum absolute atomic E-state index is 4.63. The summed E-state index contributed by atoms with van der Waals surface area (Å²) in [6.45, 7) is 0. The summed E-state index contributed by atoms with van der Waals surface area (Å²) >= 11 is 3.79. The smallest absolute Gasteiger partial charge is 0.0449 e. The van der Waals surface area contributed by atoms with Gasteiger partial charge in [-0.25, -0.2) is 0 Å². The van der Waals surface area contributed by atoms with Gasteiger partial charge in [-0.15, -0.1) is 94.5 Å². The van der Waals surface area contributed by atoms with Crippen LogP contribution >= 0.6 is 22.7 Å². The van der Waals surface area contributed by atoms with Gasteiger partial charge >= 0.3 is 0 Å². The summed E-state index contributed by atoms with van der Waals surface area (Å²) in [6.07, 6.45) is 3.71. The molecule has 5 heteroatoms. The van der Waals surface area contributed by atoms with E-state index in [2.05, 4.69) is 94.9 Å². The van der Waals surface area contributed by atoms with Crippen molar-refractivity contribution in [3.05, 3.63) is 158 Å². The number of fused-ring (bicyclic) bond motifs is 7. The minimum absolute atomic E-state index is 0. The van der Waals surface area contributed by atoms with Crippen LogP contribution in [0.15, 0.2) is 146 Å². The molecule has 0 aliphatic rings. The zero-order chi connectivity index (χ0) is 29.3. The Labute approximate surface area is 283 Å². The predicted molar refractivity (Wildman–Crippen MR) is 188 cm³/mol. The van der Waals surface area contributed by atoms with Gasteiger partial charge in [-0.2, -0.15) is 0 Å². The summed E-state index contributed by atoms with van der Waals surface area (Å²) in [4.78, 5) is 8.85. The number of benzene rings is 5. The predicted octanol–water partition coefficient (Wildman–Crippen LogP) is 11.5. The molecule has 5 aromatic carbocycles. The molecule has 4 aromatic heterocycles. The number of hydrogen-bond donors (Lipinski definition) is 0.